The van der Waals surface area contributed by atoms with Crippen molar-refractivity contribution >= 4 is 44.8 Å². The van der Waals surface area contributed by atoms with Crippen LogP contribution in [-0.4, -0.2) is 26.8 Å². The summed E-state index contributed by atoms with van der Waals surface area (Å²) in [7, 11) is -4.09. The lowest BCUT2D eigenvalue weighted by Gasteiger charge is -2.24. The molecule has 0 saturated heterocycles. The molecule has 0 radical (unpaired) electrons. The number of primary amides is 1. The van der Waals surface area contributed by atoms with Crippen LogP contribution in [0, 0.1) is 0 Å². The van der Waals surface area contributed by atoms with E-state index in [2.05, 4.69) is 11.9 Å². The van der Waals surface area contributed by atoms with E-state index in [1.54, 1.807) is 30.3 Å². The predicted octanol–water partition coefficient (Wildman–Crippen LogP) is 4.07. The molecular formula is C23H20ClN3O4S. The number of hydrogen-bond donors (Lipinski definition) is 2. The second kappa shape index (κ2) is 9.67. The maximum absolute atomic E-state index is 13.4. The van der Waals surface area contributed by atoms with Gasteiger partial charge < -0.3 is 11.1 Å². The molecule has 3 aromatic rings. The molecule has 164 valence electrons. The van der Waals surface area contributed by atoms with Crippen molar-refractivity contribution in [3.05, 3.63) is 102 Å². The maximum atomic E-state index is 13.4. The quantitative estimate of drug-likeness (QED) is 0.484. The lowest BCUT2D eigenvalue weighted by molar-refractivity contribution is 0.0998. The van der Waals surface area contributed by atoms with Crippen molar-refractivity contribution in [1.29, 1.82) is 0 Å². The fraction of sp³-hybridized carbons (Fsp3) is 0.0435. The van der Waals surface area contributed by atoms with Crippen molar-refractivity contribution in [3.63, 3.8) is 0 Å². The topological polar surface area (TPSA) is 110 Å². The Kier molecular flexibility index (Phi) is 6.97. The third kappa shape index (κ3) is 4.99. The van der Waals surface area contributed by atoms with Crippen LogP contribution in [0.3, 0.4) is 0 Å². The molecule has 32 heavy (non-hydrogen) atoms. The van der Waals surface area contributed by atoms with E-state index in [-0.39, 0.29) is 22.0 Å². The van der Waals surface area contributed by atoms with Gasteiger partial charge in [-0.2, -0.15) is 0 Å². The molecule has 0 unspecified atom stereocenters. The minimum Gasteiger partial charge on any atom is -0.366 e. The molecule has 3 N–H and O–H groups in total. The zero-order valence-electron chi connectivity index (χ0n) is 16.9. The first-order chi connectivity index (χ1) is 15.2. The summed E-state index contributed by atoms with van der Waals surface area (Å²) >= 11 is 6.22. The third-order valence-corrected chi connectivity index (χ3v) is 6.80. The van der Waals surface area contributed by atoms with Crippen molar-refractivity contribution in [2.75, 3.05) is 16.2 Å². The molecule has 3 aromatic carbocycles. The van der Waals surface area contributed by atoms with Crippen molar-refractivity contribution in [1.82, 2.24) is 0 Å². The number of nitrogens with two attached hydrogens (primary N) is 1. The second-order valence-corrected chi connectivity index (χ2v) is 8.94. The van der Waals surface area contributed by atoms with Gasteiger partial charge in [-0.15, -0.1) is 6.58 Å². The molecule has 0 atom stereocenters. The lowest BCUT2D eigenvalue weighted by Crippen LogP contribution is -2.31. The van der Waals surface area contributed by atoms with Crippen molar-refractivity contribution in [3.8, 4) is 0 Å². The van der Waals surface area contributed by atoms with Gasteiger partial charge in [0.1, 0.15) is 4.90 Å². The molecule has 7 nitrogen and oxygen atoms in total. The SMILES string of the molecule is C=CCN(c1ccccc1)S(=O)(=O)c1cc(C(=O)Nc2ccc(C(N)=O)cc2)ccc1Cl. The Morgan fingerprint density at radius 2 is 1.62 bits per heavy atom. The summed E-state index contributed by atoms with van der Waals surface area (Å²) in [5.74, 6) is -1.13. The molecule has 9 heteroatoms. The van der Waals surface area contributed by atoms with E-state index in [4.69, 9.17) is 17.3 Å². The van der Waals surface area contributed by atoms with E-state index >= 15 is 0 Å². The molecule has 0 heterocycles. The molecule has 0 fully saturated rings. The largest absolute Gasteiger partial charge is 0.366 e. The first-order valence-electron chi connectivity index (χ1n) is 9.43. The van der Waals surface area contributed by atoms with E-state index in [0.717, 1.165) is 4.31 Å². The minimum absolute atomic E-state index is 0.0163. The second-order valence-electron chi connectivity index (χ2n) is 6.70. The van der Waals surface area contributed by atoms with Gasteiger partial charge in [-0.3, -0.25) is 13.9 Å². The molecule has 0 aromatic heterocycles. The number of rotatable bonds is 8. The van der Waals surface area contributed by atoms with Crippen LogP contribution in [0.2, 0.25) is 5.02 Å². The summed E-state index contributed by atoms with van der Waals surface area (Å²) in [4.78, 5) is 23.7. The normalized spacial score (nSPS) is 10.9. The predicted molar refractivity (Wildman–Crippen MR) is 126 cm³/mol. The van der Waals surface area contributed by atoms with Crippen LogP contribution in [-0.2, 0) is 10.0 Å². The summed E-state index contributed by atoms with van der Waals surface area (Å²) in [6, 6.07) is 18.5. The highest BCUT2D eigenvalue weighted by molar-refractivity contribution is 7.93. The van der Waals surface area contributed by atoms with Crippen molar-refractivity contribution < 1.29 is 18.0 Å². The number of benzene rings is 3. The highest BCUT2D eigenvalue weighted by Crippen LogP contribution is 2.29. The number of hydrogen-bond acceptors (Lipinski definition) is 4. The fourth-order valence-corrected chi connectivity index (χ4v) is 4.87. The van der Waals surface area contributed by atoms with Crippen LogP contribution in [0.15, 0.2) is 90.3 Å². The number of anilines is 2. The van der Waals surface area contributed by atoms with Crippen LogP contribution >= 0.6 is 11.6 Å². The van der Waals surface area contributed by atoms with Crippen LogP contribution in [0.4, 0.5) is 11.4 Å². The third-order valence-electron chi connectivity index (χ3n) is 4.53. The number of carbonyl (C=O) groups is 2. The van der Waals surface area contributed by atoms with Crippen molar-refractivity contribution in [2.45, 2.75) is 4.90 Å². The molecule has 0 saturated carbocycles. The van der Waals surface area contributed by atoms with Gasteiger partial charge in [0.25, 0.3) is 15.9 Å². The fourth-order valence-electron chi connectivity index (χ4n) is 2.94. The smallest absolute Gasteiger partial charge is 0.266 e. The molecule has 0 aliphatic heterocycles. The van der Waals surface area contributed by atoms with Gasteiger partial charge in [0.2, 0.25) is 5.91 Å². The average Bonchev–Trinajstić information content (AvgIpc) is 2.78. The molecule has 0 aliphatic rings. The number of amides is 2. The van der Waals surface area contributed by atoms with Crippen LogP contribution < -0.4 is 15.4 Å². The Hall–Kier alpha value is -3.62. The Morgan fingerprint density at radius 1 is 1.00 bits per heavy atom. The summed E-state index contributed by atoms with van der Waals surface area (Å²) in [5, 5.41) is 2.63. The maximum Gasteiger partial charge on any atom is 0.266 e. The number of carbonyl (C=O) groups excluding carboxylic acids is 2. The summed E-state index contributed by atoms with van der Waals surface area (Å²) in [6.07, 6.45) is 1.46. The van der Waals surface area contributed by atoms with Crippen LogP contribution in [0.1, 0.15) is 20.7 Å². The molecule has 3 rings (SSSR count). The van der Waals surface area contributed by atoms with E-state index in [9.17, 15) is 18.0 Å². The van der Waals surface area contributed by atoms with Gasteiger partial charge in [0, 0.05) is 16.8 Å². The zero-order valence-corrected chi connectivity index (χ0v) is 18.4. The molecule has 0 bridgehead atoms. The van der Waals surface area contributed by atoms with Gasteiger partial charge in [-0.05, 0) is 54.6 Å². The van der Waals surface area contributed by atoms with Gasteiger partial charge in [-0.25, -0.2) is 8.42 Å². The Morgan fingerprint density at radius 3 is 2.22 bits per heavy atom. The average molecular weight is 470 g/mol. The Labute approximate surface area is 191 Å². The number of sulfonamides is 1. The minimum atomic E-state index is -4.09. The highest BCUT2D eigenvalue weighted by atomic mass is 35.5. The number of nitrogens with one attached hydrogen (secondary N) is 1. The summed E-state index contributed by atoms with van der Waals surface area (Å²) in [5.41, 5.74) is 6.45. The van der Waals surface area contributed by atoms with Gasteiger partial charge >= 0.3 is 0 Å². The van der Waals surface area contributed by atoms with E-state index < -0.39 is 21.8 Å². The van der Waals surface area contributed by atoms with E-state index in [0.29, 0.717) is 16.9 Å². The molecule has 0 spiro atoms. The number of nitrogens with zero attached hydrogens (tertiary/aromatic N) is 1. The Balaban J connectivity index is 1.94. The van der Waals surface area contributed by atoms with Gasteiger partial charge in [0.05, 0.1) is 17.3 Å². The summed E-state index contributed by atoms with van der Waals surface area (Å²) < 4.78 is 28.0. The number of para-hydroxylation sites is 1. The van der Waals surface area contributed by atoms with E-state index in [1.165, 1.54) is 48.5 Å². The molecule has 2 amide bonds. The first-order valence-corrected chi connectivity index (χ1v) is 11.3. The monoisotopic (exact) mass is 469 g/mol. The standard InChI is InChI=1S/C23H20ClN3O4S/c1-2-14-27(19-6-4-3-5-7-19)32(30,31)21-15-17(10-13-20(21)24)23(29)26-18-11-8-16(9-12-18)22(25)28/h2-13,15H,1,14H2,(H2,25,28)(H,26,29). The van der Waals surface area contributed by atoms with Gasteiger partial charge in [-0.1, -0.05) is 35.9 Å². The van der Waals surface area contributed by atoms with Crippen LogP contribution in [0.5, 0.6) is 0 Å². The number of halogens is 1. The Bertz CT molecular complexity index is 1260. The first kappa shape index (κ1) is 23.1. The highest BCUT2D eigenvalue weighted by Gasteiger charge is 2.27. The molecule has 0 aliphatic carbocycles. The van der Waals surface area contributed by atoms with Gasteiger partial charge in [0.15, 0.2) is 0 Å². The lowest BCUT2D eigenvalue weighted by atomic mass is 10.1. The summed E-state index contributed by atoms with van der Waals surface area (Å²) in [6.45, 7) is 3.65. The zero-order chi connectivity index (χ0) is 23.3. The van der Waals surface area contributed by atoms with Crippen molar-refractivity contribution in [2.24, 2.45) is 5.73 Å². The van der Waals surface area contributed by atoms with Crippen LogP contribution in [0.25, 0.3) is 0 Å². The molecular weight excluding hydrogens is 450 g/mol. The van der Waals surface area contributed by atoms with E-state index in [1.807, 2.05) is 0 Å².